The Labute approximate surface area is 132 Å². The lowest BCUT2D eigenvalue weighted by Crippen LogP contribution is -2.39. The van der Waals surface area contributed by atoms with Crippen LogP contribution in [0.5, 0.6) is 5.75 Å². The van der Waals surface area contributed by atoms with Crippen molar-refractivity contribution in [3.05, 3.63) is 23.1 Å². The van der Waals surface area contributed by atoms with E-state index in [0.717, 1.165) is 0 Å². The van der Waals surface area contributed by atoms with Crippen LogP contribution in [0.2, 0.25) is 0 Å². The highest BCUT2D eigenvalue weighted by Crippen LogP contribution is 2.38. The number of aromatic amines is 1. The summed E-state index contributed by atoms with van der Waals surface area (Å²) in [6.07, 6.45) is 1.23. The third-order valence-electron chi connectivity index (χ3n) is 4.53. The van der Waals surface area contributed by atoms with E-state index in [2.05, 4.69) is 15.5 Å². The number of aromatic nitrogens is 2. The van der Waals surface area contributed by atoms with Gasteiger partial charge in [-0.15, -0.1) is 0 Å². The minimum atomic E-state index is -0.606. The molecule has 2 aromatic rings. The molecule has 122 valence electrons. The number of benzene rings is 1. The average Bonchev–Trinajstić information content (AvgIpc) is 2.91. The van der Waals surface area contributed by atoms with Crippen molar-refractivity contribution in [1.82, 2.24) is 15.5 Å². The lowest BCUT2D eigenvalue weighted by atomic mass is 9.90. The fraction of sp³-hybridized carbons (Fsp3) is 0.438. The maximum absolute atomic E-state index is 14.7. The van der Waals surface area contributed by atoms with E-state index in [0.29, 0.717) is 23.9 Å². The molecule has 0 saturated carbocycles. The molecule has 7 heteroatoms. The summed E-state index contributed by atoms with van der Waals surface area (Å²) < 4.78 is 14.7. The zero-order valence-corrected chi connectivity index (χ0v) is 12.9. The molecule has 0 radical (unpaired) electrons. The lowest BCUT2D eigenvalue weighted by molar-refractivity contribution is -0.134. The number of nitrogens with zero attached hydrogens (tertiary/aromatic N) is 1. The van der Waals surface area contributed by atoms with E-state index in [1.165, 1.54) is 6.07 Å². The highest BCUT2D eigenvalue weighted by atomic mass is 19.1. The molecule has 23 heavy (non-hydrogen) atoms. The van der Waals surface area contributed by atoms with Crippen LogP contribution in [-0.2, 0) is 9.59 Å². The number of nitrogens with one attached hydrogen (secondary N) is 2. The van der Waals surface area contributed by atoms with Gasteiger partial charge in [0.25, 0.3) is 0 Å². The Kier molecular flexibility index (Phi) is 3.79. The van der Waals surface area contributed by atoms with Crippen LogP contribution >= 0.6 is 0 Å². The predicted octanol–water partition coefficient (Wildman–Crippen LogP) is 2.44. The Morgan fingerprint density at radius 2 is 2.22 bits per heavy atom. The number of phenols is 1. The van der Waals surface area contributed by atoms with Crippen LogP contribution in [0.4, 0.5) is 4.39 Å². The third kappa shape index (κ3) is 2.46. The fourth-order valence-corrected chi connectivity index (χ4v) is 3.04. The number of amides is 2. The van der Waals surface area contributed by atoms with Crippen LogP contribution in [-0.4, -0.2) is 27.1 Å². The molecule has 1 saturated heterocycles. The Bertz CT molecular complexity index is 799. The van der Waals surface area contributed by atoms with Crippen LogP contribution in [0, 0.1) is 5.82 Å². The van der Waals surface area contributed by atoms with Gasteiger partial charge in [-0.05, 0) is 24.8 Å². The average molecular weight is 319 g/mol. The number of carbonyl (C=O) groups is 2. The molecule has 2 heterocycles. The van der Waals surface area contributed by atoms with Gasteiger partial charge in [-0.3, -0.25) is 20.0 Å². The van der Waals surface area contributed by atoms with E-state index in [1.807, 2.05) is 13.8 Å². The number of fused-ring (bicyclic) bond motifs is 1. The van der Waals surface area contributed by atoms with E-state index in [1.54, 1.807) is 0 Å². The number of aromatic hydroxyl groups is 1. The monoisotopic (exact) mass is 319 g/mol. The van der Waals surface area contributed by atoms with Crippen LogP contribution in [0.1, 0.15) is 56.2 Å². The number of hydrogen-bond acceptors (Lipinski definition) is 4. The van der Waals surface area contributed by atoms with Crippen molar-refractivity contribution in [2.45, 2.75) is 44.9 Å². The highest BCUT2D eigenvalue weighted by Gasteiger charge is 2.32. The molecule has 0 aliphatic carbocycles. The Balaban J connectivity index is 2.11. The molecule has 1 aliphatic heterocycles. The summed E-state index contributed by atoms with van der Waals surface area (Å²) in [5.74, 6) is -2.20. The zero-order valence-electron chi connectivity index (χ0n) is 12.9. The third-order valence-corrected chi connectivity index (χ3v) is 4.53. The van der Waals surface area contributed by atoms with Gasteiger partial charge in [0.05, 0.1) is 11.6 Å². The maximum Gasteiger partial charge on any atom is 0.235 e. The second-order valence-corrected chi connectivity index (χ2v) is 5.97. The summed E-state index contributed by atoms with van der Waals surface area (Å²) >= 11 is 0. The smallest absolute Gasteiger partial charge is 0.235 e. The molecule has 3 N–H and O–H groups in total. The number of carbonyl (C=O) groups excluding carboxylic acids is 2. The molecule has 2 unspecified atom stereocenters. The van der Waals surface area contributed by atoms with Gasteiger partial charge in [-0.1, -0.05) is 13.8 Å². The summed E-state index contributed by atoms with van der Waals surface area (Å²) in [7, 11) is 0. The minimum absolute atomic E-state index is 0.109. The molecule has 2 amide bonds. The van der Waals surface area contributed by atoms with Crippen molar-refractivity contribution in [2.24, 2.45) is 0 Å². The molecular weight excluding hydrogens is 301 g/mol. The molecule has 2 atom stereocenters. The summed E-state index contributed by atoms with van der Waals surface area (Å²) in [5, 5.41) is 19.5. The largest absolute Gasteiger partial charge is 0.508 e. The normalized spacial score (nSPS) is 19.9. The van der Waals surface area contributed by atoms with Gasteiger partial charge in [-0.2, -0.15) is 5.10 Å². The van der Waals surface area contributed by atoms with E-state index in [9.17, 15) is 19.1 Å². The van der Waals surface area contributed by atoms with Crippen LogP contribution in [0.3, 0.4) is 0 Å². The first-order valence-corrected chi connectivity index (χ1v) is 7.67. The molecule has 1 aliphatic rings. The number of H-pyrrole nitrogens is 1. The number of imide groups is 1. The molecule has 3 rings (SSSR count). The maximum atomic E-state index is 14.7. The Morgan fingerprint density at radius 3 is 2.87 bits per heavy atom. The molecule has 0 bridgehead atoms. The standard InChI is InChI=1S/C16H18FN3O3/c1-3-7(2)12-10(21)6-9-14(19-20-15(9)13(12)17)8-4-5-11(22)18-16(8)23/h6-8,21H,3-5H2,1-2H3,(H,19,20)(H,18,22,23). The van der Waals surface area contributed by atoms with Crippen molar-refractivity contribution in [1.29, 1.82) is 0 Å². The van der Waals surface area contributed by atoms with E-state index >= 15 is 0 Å². The van der Waals surface area contributed by atoms with Gasteiger partial charge < -0.3 is 5.11 Å². The van der Waals surface area contributed by atoms with Crippen LogP contribution in [0.15, 0.2) is 6.07 Å². The van der Waals surface area contributed by atoms with Gasteiger partial charge >= 0.3 is 0 Å². The highest BCUT2D eigenvalue weighted by molar-refractivity contribution is 6.02. The lowest BCUT2D eigenvalue weighted by Gasteiger charge is -2.20. The van der Waals surface area contributed by atoms with Gasteiger partial charge in [0.2, 0.25) is 11.8 Å². The fourth-order valence-electron chi connectivity index (χ4n) is 3.04. The van der Waals surface area contributed by atoms with E-state index < -0.39 is 17.6 Å². The van der Waals surface area contributed by atoms with Crippen molar-refractivity contribution >= 4 is 22.7 Å². The number of rotatable bonds is 3. The van der Waals surface area contributed by atoms with E-state index in [-0.39, 0.29) is 35.1 Å². The summed E-state index contributed by atoms with van der Waals surface area (Å²) in [6.45, 7) is 3.74. The van der Waals surface area contributed by atoms with Crippen molar-refractivity contribution < 1.29 is 19.1 Å². The van der Waals surface area contributed by atoms with Gasteiger partial charge in [0.15, 0.2) is 5.82 Å². The summed E-state index contributed by atoms with van der Waals surface area (Å²) in [4.78, 5) is 23.3. The van der Waals surface area contributed by atoms with Crippen LogP contribution in [0.25, 0.3) is 10.9 Å². The zero-order chi connectivity index (χ0) is 16.7. The summed E-state index contributed by atoms with van der Waals surface area (Å²) in [6, 6.07) is 1.45. The Hall–Kier alpha value is -2.44. The molecule has 1 aromatic heterocycles. The quantitative estimate of drug-likeness (QED) is 0.757. The molecule has 6 nitrogen and oxygen atoms in total. The summed E-state index contributed by atoms with van der Waals surface area (Å²) in [5.41, 5.74) is 0.772. The minimum Gasteiger partial charge on any atom is -0.508 e. The van der Waals surface area contributed by atoms with Gasteiger partial charge in [-0.25, -0.2) is 4.39 Å². The van der Waals surface area contributed by atoms with Crippen LogP contribution < -0.4 is 5.32 Å². The Morgan fingerprint density at radius 1 is 1.48 bits per heavy atom. The topological polar surface area (TPSA) is 95.1 Å². The molecular formula is C16H18FN3O3. The first-order valence-electron chi connectivity index (χ1n) is 7.67. The second kappa shape index (κ2) is 5.64. The van der Waals surface area contributed by atoms with Gasteiger partial charge in [0, 0.05) is 17.4 Å². The molecule has 0 spiro atoms. The number of hydrogen-bond donors (Lipinski definition) is 3. The SMILES string of the molecule is CCC(C)c1c(O)cc2c(C3CCC(=O)NC3=O)[nH]nc2c1F. The van der Waals surface area contributed by atoms with Crippen molar-refractivity contribution in [3.8, 4) is 5.75 Å². The predicted molar refractivity (Wildman–Crippen MR) is 81.5 cm³/mol. The number of halogens is 1. The van der Waals surface area contributed by atoms with Crippen molar-refractivity contribution in [2.75, 3.05) is 0 Å². The molecule has 1 fully saturated rings. The van der Waals surface area contributed by atoms with E-state index in [4.69, 9.17) is 0 Å². The van der Waals surface area contributed by atoms with Gasteiger partial charge in [0.1, 0.15) is 11.3 Å². The van der Waals surface area contributed by atoms with Crippen molar-refractivity contribution in [3.63, 3.8) is 0 Å². The second-order valence-electron chi connectivity index (χ2n) is 5.97. The first kappa shape index (κ1) is 15.5. The number of piperidine rings is 1. The number of phenolic OH excluding ortho intramolecular Hbond substituents is 1. The molecule has 1 aromatic carbocycles. The first-order chi connectivity index (χ1) is 10.9.